The van der Waals surface area contributed by atoms with Crippen LogP contribution >= 0.6 is 0 Å². The Hall–Kier alpha value is -1.75. The van der Waals surface area contributed by atoms with E-state index < -0.39 is 0 Å². The lowest BCUT2D eigenvalue weighted by molar-refractivity contribution is 0.106. The molecule has 1 saturated heterocycles. The first-order valence-corrected chi connectivity index (χ1v) is 5.89. The molecule has 2 aliphatic rings. The highest BCUT2D eigenvalue weighted by Crippen LogP contribution is 2.22. The minimum absolute atomic E-state index is 0.0130. The predicted molar refractivity (Wildman–Crippen MR) is 65.5 cm³/mol. The van der Waals surface area contributed by atoms with Gasteiger partial charge in [-0.3, -0.25) is 14.8 Å². The van der Waals surface area contributed by atoms with Crippen LogP contribution in [0.3, 0.4) is 0 Å². The van der Waals surface area contributed by atoms with E-state index in [9.17, 15) is 4.79 Å². The van der Waals surface area contributed by atoms with Gasteiger partial charge in [0.2, 0.25) is 5.78 Å². The molecule has 2 aliphatic heterocycles. The fourth-order valence-corrected chi connectivity index (χ4v) is 2.21. The number of aromatic nitrogens is 1. The molecule has 5 heteroatoms. The van der Waals surface area contributed by atoms with Crippen LogP contribution in [-0.4, -0.2) is 35.7 Å². The summed E-state index contributed by atoms with van der Waals surface area (Å²) in [6.45, 7) is 1.95. The van der Waals surface area contributed by atoms with Gasteiger partial charge in [0.25, 0.3) is 0 Å². The van der Waals surface area contributed by atoms with Crippen molar-refractivity contribution in [3.63, 3.8) is 0 Å². The number of carbonyl (C=O) groups excluding carboxylic acids is 1. The molecule has 0 saturated carbocycles. The number of nitrogens with zero attached hydrogens (tertiary/aromatic N) is 2. The van der Waals surface area contributed by atoms with Gasteiger partial charge in [0.15, 0.2) is 5.84 Å². The molecule has 1 aromatic rings. The Morgan fingerprint density at radius 3 is 2.94 bits per heavy atom. The molecule has 0 amide bonds. The number of aliphatic imine (C=N–C) groups is 1. The number of hydrogen-bond acceptors (Lipinski definition) is 4. The van der Waals surface area contributed by atoms with Gasteiger partial charge in [-0.15, -0.1) is 0 Å². The van der Waals surface area contributed by atoms with Gasteiger partial charge < -0.3 is 10.6 Å². The van der Waals surface area contributed by atoms with Crippen molar-refractivity contribution in [2.24, 2.45) is 4.99 Å². The van der Waals surface area contributed by atoms with Gasteiger partial charge in [-0.25, -0.2) is 0 Å². The Morgan fingerprint density at radius 1 is 1.35 bits per heavy atom. The number of ketones is 1. The molecular formula is C12H14N4O. The highest BCUT2D eigenvalue weighted by Gasteiger charge is 2.27. The van der Waals surface area contributed by atoms with Crippen LogP contribution in [0.2, 0.25) is 0 Å². The Kier molecular flexibility index (Phi) is 2.60. The first kappa shape index (κ1) is 10.4. The monoisotopic (exact) mass is 230 g/mol. The average Bonchev–Trinajstić information content (AvgIpc) is 2.68. The summed E-state index contributed by atoms with van der Waals surface area (Å²) in [6.07, 6.45) is 5.28. The summed E-state index contributed by atoms with van der Waals surface area (Å²) in [5.41, 5.74) is 1.44. The molecule has 0 bridgehead atoms. The van der Waals surface area contributed by atoms with Crippen molar-refractivity contribution in [3.8, 4) is 0 Å². The quantitative estimate of drug-likeness (QED) is 0.750. The molecule has 3 rings (SSSR count). The van der Waals surface area contributed by atoms with Gasteiger partial charge in [-0.2, -0.15) is 0 Å². The summed E-state index contributed by atoms with van der Waals surface area (Å²) in [6, 6.07) is 1.99. The van der Waals surface area contributed by atoms with Crippen LogP contribution in [0.25, 0.3) is 0 Å². The molecule has 0 aromatic carbocycles. The molecule has 0 radical (unpaired) electrons. The molecular weight excluding hydrogens is 216 g/mol. The summed E-state index contributed by atoms with van der Waals surface area (Å²) in [7, 11) is 0. The lowest BCUT2D eigenvalue weighted by Crippen LogP contribution is -2.31. The number of nitrogens with one attached hydrogen (secondary N) is 2. The zero-order chi connectivity index (χ0) is 11.7. The van der Waals surface area contributed by atoms with Crippen LogP contribution in [-0.2, 0) is 0 Å². The van der Waals surface area contributed by atoms with Crippen LogP contribution in [0.15, 0.2) is 23.5 Å². The molecule has 1 fully saturated rings. The average molecular weight is 230 g/mol. The van der Waals surface area contributed by atoms with Crippen LogP contribution < -0.4 is 10.6 Å². The fourth-order valence-electron chi connectivity index (χ4n) is 2.21. The number of anilines is 1. The summed E-state index contributed by atoms with van der Waals surface area (Å²) in [5.74, 6) is 0.459. The van der Waals surface area contributed by atoms with Crippen molar-refractivity contribution in [2.75, 3.05) is 18.4 Å². The maximum absolute atomic E-state index is 12.0. The molecule has 2 N–H and O–H groups in total. The highest BCUT2D eigenvalue weighted by molar-refractivity contribution is 6.53. The van der Waals surface area contributed by atoms with E-state index in [0.717, 1.165) is 31.6 Å². The number of piperidine rings is 1. The fraction of sp³-hybridized carbons (Fsp3) is 0.417. The number of amidine groups is 1. The molecule has 0 spiro atoms. The van der Waals surface area contributed by atoms with Crippen molar-refractivity contribution >= 4 is 17.3 Å². The molecule has 0 unspecified atom stereocenters. The molecule has 5 nitrogen and oxygen atoms in total. The van der Waals surface area contributed by atoms with Gasteiger partial charge in [0.1, 0.15) is 0 Å². The number of rotatable bonds is 1. The number of carbonyl (C=O) groups is 1. The Balaban J connectivity index is 1.83. The van der Waals surface area contributed by atoms with Crippen molar-refractivity contribution in [3.05, 3.63) is 24.0 Å². The maximum Gasteiger partial charge on any atom is 0.230 e. The van der Waals surface area contributed by atoms with E-state index in [1.54, 1.807) is 18.5 Å². The molecule has 88 valence electrons. The Bertz CT molecular complexity index is 477. The van der Waals surface area contributed by atoms with Crippen molar-refractivity contribution in [1.29, 1.82) is 0 Å². The second kappa shape index (κ2) is 4.25. The topological polar surface area (TPSA) is 66.4 Å². The molecule has 17 heavy (non-hydrogen) atoms. The molecule has 0 atom stereocenters. The van der Waals surface area contributed by atoms with Crippen molar-refractivity contribution < 1.29 is 4.79 Å². The minimum Gasteiger partial charge on any atom is -0.335 e. The molecule has 0 aliphatic carbocycles. The van der Waals surface area contributed by atoms with Gasteiger partial charge >= 0.3 is 0 Å². The third-order valence-corrected chi connectivity index (χ3v) is 3.15. The second-order valence-electron chi connectivity index (χ2n) is 4.33. The second-order valence-corrected chi connectivity index (χ2v) is 4.33. The zero-order valence-electron chi connectivity index (χ0n) is 9.44. The highest BCUT2D eigenvalue weighted by atomic mass is 16.1. The summed E-state index contributed by atoms with van der Waals surface area (Å²) in [5, 5.41) is 6.33. The van der Waals surface area contributed by atoms with Crippen LogP contribution in [0, 0.1) is 0 Å². The summed E-state index contributed by atoms with van der Waals surface area (Å²) < 4.78 is 0. The SMILES string of the molecule is O=C1C(=NC2CCNCC2)Nc2cnccc21. The van der Waals surface area contributed by atoms with Gasteiger partial charge in [-0.1, -0.05) is 0 Å². The number of pyridine rings is 1. The van der Waals surface area contributed by atoms with E-state index in [4.69, 9.17) is 0 Å². The summed E-state index contributed by atoms with van der Waals surface area (Å²) >= 11 is 0. The van der Waals surface area contributed by atoms with Crippen LogP contribution in [0.4, 0.5) is 5.69 Å². The Labute approximate surface area is 99.4 Å². The molecule has 3 heterocycles. The maximum atomic E-state index is 12.0. The number of fused-ring (bicyclic) bond motifs is 1. The van der Waals surface area contributed by atoms with E-state index in [2.05, 4.69) is 20.6 Å². The zero-order valence-corrected chi connectivity index (χ0v) is 9.44. The first-order valence-electron chi connectivity index (χ1n) is 5.89. The van der Waals surface area contributed by atoms with Crippen molar-refractivity contribution in [2.45, 2.75) is 18.9 Å². The largest absolute Gasteiger partial charge is 0.335 e. The van der Waals surface area contributed by atoms with Gasteiger partial charge in [0, 0.05) is 6.20 Å². The van der Waals surface area contributed by atoms with Gasteiger partial charge in [0.05, 0.1) is 23.5 Å². The minimum atomic E-state index is -0.0130. The molecule has 1 aromatic heterocycles. The van der Waals surface area contributed by atoms with E-state index in [1.165, 1.54) is 0 Å². The smallest absolute Gasteiger partial charge is 0.230 e. The third kappa shape index (κ3) is 1.93. The number of hydrogen-bond donors (Lipinski definition) is 2. The van der Waals surface area contributed by atoms with Crippen LogP contribution in [0.5, 0.6) is 0 Å². The lowest BCUT2D eigenvalue weighted by atomic mass is 10.1. The predicted octanol–water partition coefficient (Wildman–Crippen LogP) is 0.840. The normalized spacial score (nSPS) is 22.6. The van der Waals surface area contributed by atoms with E-state index in [1.807, 2.05) is 0 Å². The van der Waals surface area contributed by atoms with Gasteiger partial charge in [-0.05, 0) is 32.0 Å². The Morgan fingerprint density at radius 2 is 2.18 bits per heavy atom. The first-order chi connectivity index (χ1) is 8.34. The third-order valence-electron chi connectivity index (χ3n) is 3.15. The standard InChI is InChI=1S/C12H14N4O/c17-11-9-3-6-14-7-10(9)16-12(11)15-8-1-4-13-5-2-8/h3,6-8,13H,1-2,4-5H2,(H,15,16,17). The van der Waals surface area contributed by atoms with E-state index >= 15 is 0 Å². The lowest BCUT2D eigenvalue weighted by Gasteiger charge is -2.19. The summed E-state index contributed by atoms with van der Waals surface area (Å²) in [4.78, 5) is 20.5. The number of Topliss-reactive ketones (excluding diaryl/α,β-unsaturated/α-hetero) is 1. The van der Waals surface area contributed by atoms with Crippen LogP contribution in [0.1, 0.15) is 23.2 Å². The van der Waals surface area contributed by atoms with E-state index in [0.29, 0.717) is 11.4 Å². The van der Waals surface area contributed by atoms with E-state index in [-0.39, 0.29) is 11.8 Å². The van der Waals surface area contributed by atoms with Crippen molar-refractivity contribution in [1.82, 2.24) is 10.3 Å².